The van der Waals surface area contributed by atoms with Crippen molar-refractivity contribution in [1.82, 2.24) is 14.5 Å². The highest BCUT2D eigenvalue weighted by Gasteiger charge is 2.29. The Morgan fingerprint density at radius 1 is 1.16 bits per heavy atom. The second-order valence-electron chi connectivity index (χ2n) is 9.28. The lowest BCUT2D eigenvalue weighted by atomic mass is 9.86. The number of fused-ring (bicyclic) bond motifs is 2. The van der Waals surface area contributed by atoms with E-state index >= 15 is 0 Å². The summed E-state index contributed by atoms with van der Waals surface area (Å²) < 4.78 is 13.5. The van der Waals surface area contributed by atoms with Crippen LogP contribution in [-0.4, -0.2) is 40.0 Å². The van der Waals surface area contributed by atoms with Crippen molar-refractivity contribution >= 4 is 44.9 Å². The Balaban J connectivity index is 1.48. The van der Waals surface area contributed by atoms with Gasteiger partial charge < -0.3 is 9.47 Å². The van der Waals surface area contributed by atoms with Gasteiger partial charge in [-0.3, -0.25) is 19.1 Å². The molecule has 0 amide bonds. The fraction of sp³-hybridized carbons (Fsp3) is 0.321. The second-order valence-corrected chi connectivity index (χ2v) is 10.6. The maximum absolute atomic E-state index is 13.3. The molecule has 3 heterocycles. The quantitative estimate of drug-likeness (QED) is 0.301. The van der Waals surface area contributed by atoms with Gasteiger partial charge in [0.05, 0.1) is 35.1 Å². The molecule has 5 rings (SSSR count). The fourth-order valence-corrected chi connectivity index (χ4v) is 6.10. The molecule has 38 heavy (non-hydrogen) atoms. The summed E-state index contributed by atoms with van der Waals surface area (Å²) in [6.07, 6.45) is 0.917. The number of Topliss-reactive ketones (excluding diaryl/α,β-unsaturated/α-hetero) is 1. The summed E-state index contributed by atoms with van der Waals surface area (Å²) >= 11 is 7.77. The van der Waals surface area contributed by atoms with Gasteiger partial charge in [0.1, 0.15) is 24.0 Å². The molecule has 0 radical (unpaired) electrons. The third-order valence-corrected chi connectivity index (χ3v) is 8.10. The molecule has 1 unspecified atom stereocenters. The summed E-state index contributed by atoms with van der Waals surface area (Å²) in [5, 5.41) is 2.27. The normalized spacial score (nSPS) is 15.0. The average Bonchev–Trinajstić information content (AvgIpc) is 3.31. The summed E-state index contributed by atoms with van der Waals surface area (Å²) in [4.78, 5) is 47.0. The maximum Gasteiger partial charge on any atom is 0.340 e. The van der Waals surface area contributed by atoms with Crippen LogP contribution in [0.3, 0.4) is 0 Å². The van der Waals surface area contributed by atoms with Crippen LogP contribution >= 0.6 is 22.9 Å². The van der Waals surface area contributed by atoms with Crippen molar-refractivity contribution < 1.29 is 19.1 Å². The number of ether oxygens (including phenoxy) is 2. The number of esters is 1. The predicted octanol–water partition coefficient (Wildman–Crippen LogP) is 5.27. The van der Waals surface area contributed by atoms with Crippen LogP contribution in [0.4, 0.5) is 0 Å². The zero-order chi connectivity index (χ0) is 27.1. The van der Waals surface area contributed by atoms with Gasteiger partial charge >= 0.3 is 5.97 Å². The molecule has 1 aliphatic rings. The first-order chi connectivity index (χ1) is 18.2. The van der Waals surface area contributed by atoms with Crippen molar-refractivity contribution in [3.8, 4) is 16.9 Å². The molecular weight excluding hydrogens is 526 g/mol. The van der Waals surface area contributed by atoms with Crippen LogP contribution in [0.1, 0.15) is 52.4 Å². The molecule has 0 saturated heterocycles. The number of pyridine rings is 1. The van der Waals surface area contributed by atoms with E-state index in [0.717, 1.165) is 27.2 Å². The van der Waals surface area contributed by atoms with E-state index in [1.165, 1.54) is 18.4 Å². The lowest BCUT2D eigenvalue weighted by Gasteiger charge is -2.22. The molecule has 0 N–H and O–H groups in total. The minimum absolute atomic E-state index is 0.0664. The molecule has 1 aromatic carbocycles. The molecule has 3 aromatic heterocycles. The Morgan fingerprint density at radius 3 is 2.71 bits per heavy atom. The number of carbonyl (C=O) groups excluding carboxylic acids is 2. The fourth-order valence-electron chi connectivity index (χ4n) is 4.92. The third kappa shape index (κ3) is 4.61. The van der Waals surface area contributed by atoms with E-state index in [4.69, 9.17) is 21.1 Å². The molecule has 0 spiro atoms. The zero-order valence-corrected chi connectivity index (χ0v) is 23.0. The summed E-state index contributed by atoms with van der Waals surface area (Å²) in [5.74, 6) is 0.340. The van der Waals surface area contributed by atoms with Gasteiger partial charge in [0.25, 0.3) is 5.56 Å². The van der Waals surface area contributed by atoms with Gasteiger partial charge in [-0.15, -0.1) is 11.3 Å². The molecule has 0 aliphatic heterocycles. The summed E-state index contributed by atoms with van der Waals surface area (Å²) in [7, 11) is 1.34. The van der Waals surface area contributed by atoms with Crippen molar-refractivity contribution in [2.24, 2.45) is 0 Å². The number of aryl methyl sites for hydroxylation is 3. The minimum Gasteiger partial charge on any atom is -0.491 e. The topological polar surface area (TPSA) is 100 Å². The molecule has 4 aromatic rings. The number of aromatic nitrogens is 3. The lowest BCUT2D eigenvalue weighted by Crippen LogP contribution is -2.35. The van der Waals surface area contributed by atoms with Crippen LogP contribution in [0.5, 0.6) is 5.75 Å². The molecular formula is C28H26ClN3O5S. The number of benzene rings is 1. The number of halogens is 1. The van der Waals surface area contributed by atoms with Gasteiger partial charge in [-0.05, 0) is 44.5 Å². The first-order valence-corrected chi connectivity index (χ1v) is 13.5. The Labute approximate surface area is 228 Å². The molecule has 1 aliphatic carbocycles. The number of hydrogen-bond donors (Lipinski definition) is 0. The molecule has 0 bridgehead atoms. The van der Waals surface area contributed by atoms with E-state index in [0.29, 0.717) is 46.1 Å². The molecule has 0 fully saturated rings. The molecule has 8 nitrogen and oxygen atoms in total. The van der Waals surface area contributed by atoms with Gasteiger partial charge in [-0.2, -0.15) is 0 Å². The van der Waals surface area contributed by atoms with E-state index in [-0.39, 0.29) is 24.5 Å². The Hall–Kier alpha value is -3.56. The predicted molar refractivity (Wildman–Crippen MR) is 147 cm³/mol. The second kappa shape index (κ2) is 10.3. The van der Waals surface area contributed by atoms with Crippen molar-refractivity contribution in [2.45, 2.75) is 46.1 Å². The number of carbonyl (C=O) groups is 2. The highest BCUT2D eigenvalue weighted by molar-refractivity contribution is 7.18. The van der Waals surface area contributed by atoms with E-state index < -0.39 is 11.9 Å². The van der Waals surface area contributed by atoms with E-state index in [1.54, 1.807) is 35.9 Å². The van der Waals surface area contributed by atoms with Gasteiger partial charge in [0, 0.05) is 45.1 Å². The SMILES string of the molecule is COC(=O)c1csc2c(-c3cc(Cl)ccc3OCCn3c(C)nc4c(c3=O)C(C)C(=O)CC4)cc(C)nc12. The van der Waals surface area contributed by atoms with Crippen molar-refractivity contribution in [3.05, 3.63) is 73.4 Å². The highest BCUT2D eigenvalue weighted by atomic mass is 35.5. The van der Waals surface area contributed by atoms with Crippen LogP contribution in [0, 0.1) is 13.8 Å². The zero-order valence-electron chi connectivity index (χ0n) is 21.5. The number of thiophene rings is 1. The van der Waals surface area contributed by atoms with Gasteiger partial charge in [-0.25, -0.2) is 9.78 Å². The smallest absolute Gasteiger partial charge is 0.340 e. The largest absolute Gasteiger partial charge is 0.491 e. The highest BCUT2D eigenvalue weighted by Crippen LogP contribution is 2.40. The Kier molecular flexibility index (Phi) is 7.07. The monoisotopic (exact) mass is 551 g/mol. The Bertz CT molecular complexity index is 1660. The number of hydrogen-bond acceptors (Lipinski definition) is 8. The van der Waals surface area contributed by atoms with Gasteiger partial charge in [0.2, 0.25) is 0 Å². The summed E-state index contributed by atoms with van der Waals surface area (Å²) in [5.41, 5.74) is 4.31. The van der Waals surface area contributed by atoms with Crippen LogP contribution in [-0.2, 0) is 22.5 Å². The third-order valence-electron chi connectivity index (χ3n) is 6.86. The van der Waals surface area contributed by atoms with E-state index in [1.807, 2.05) is 19.1 Å². The molecule has 1 atom stereocenters. The van der Waals surface area contributed by atoms with Crippen LogP contribution in [0.25, 0.3) is 21.3 Å². The summed E-state index contributed by atoms with van der Waals surface area (Å²) in [6.45, 7) is 5.89. The van der Waals surface area contributed by atoms with Crippen molar-refractivity contribution in [2.75, 3.05) is 13.7 Å². The van der Waals surface area contributed by atoms with Gasteiger partial charge in [0.15, 0.2) is 0 Å². The molecule has 0 saturated carbocycles. The lowest BCUT2D eigenvalue weighted by molar-refractivity contribution is -0.120. The van der Waals surface area contributed by atoms with E-state index in [9.17, 15) is 14.4 Å². The molecule has 196 valence electrons. The van der Waals surface area contributed by atoms with Gasteiger partial charge in [-0.1, -0.05) is 18.5 Å². The number of ketones is 1. The average molecular weight is 552 g/mol. The first kappa shape index (κ1) is 26.1. The van der Waals surface area contributed by atoms with E-state index in [2.05, 4.69) is 9.97 Å². The van der Waals surface area contributed by atoms with Crippen LogP contribution < -0.4 is 10.3 Å². The number of methoxy groups -OCH3 is 1. The number of nitrogens with zero attached hydrogens (tertiary/aromatic N) is 3. The molecule has 10 heteroatoms. The number of rotatable bonds is 6. The van der Waals surface area contributed by atoms with Crippen LogP contribution in [0.2, 0.25) is 5.02 Å². The van der Waals surface area contributed by atoms with Crippen molar-refractivity contribution in [3.63, 3.8) is 0 Å². The minimum atomic E-state index is -0.451. The standard InChI is InChI=1S/C28H26ClN3O5S/c1-14-11-19(26-25(30-14)20(13-38-26)28(35)36-4)18-12-17(29)5-8-23(18)37-10-9-32-16(3)31-21-6-7-22(33)15(2)24(21)27(32)34/h5,8,11-13,15H,6-7,9-10H2,1-4H3. The Morgan fingerprint density at radius 2 is 1.95 bits per heavy atom. The van der Waals surface area contributed by atoms with Crippen molar-refractivity contribution in [1.29, 1.82) is 0 Å². The van der Waals surface area contributed by atoms with Crippen LogP contribution in [0.15, 0.2) is 34.4 Å². The first-order valence-electron chi connectivity index (χ1n) is 12.2. The maximum atomic E-state index is 13.3. The summed E-state index contributed by atoms with van der Waals surface area (Å²) in [6, 6.07) is 7.27.